The monoisotopic (exact) mass is 1120 g/mol. The fourth-order valence-corrected chi connectivity index (χ4v) is 18.5. The van der Waals surface area contributed by atoms with Crippen molar-refractivity contribution in [3.63, 3.8) is 0 Å². The van der Waals surface area contributed by atoms with E-state index in [1.165, 1.54) is 51.4 Å². The van der Waals surface area contributed by atoms with Crippen molar-refractivity contribution in [3.05, 3.63) is 0 Å². The maximum atomic E-state index is 12.8. The van der Waals surface area contributed by atoms with E-state index in [0.717, 1.165) is 123 Å². The average molecular weight is 1120 g/mol. The van der Waals surface area contributed by atoms with Crippen LogP contribution in [0.4, 0.5) is 14.4 Å². The number of carboxylic acid groups (broad SMARTS) is 1. The van der Waals surface area contributed by atoms with Crippen LogP contribution in [0, 0.1) is 74.9 Å². The van der Waals surface area contributed by atoms with Crippen molar-refractivity contribution >= 4 is 36.1 Å². The summed E-state index contributed by atoms with van der Waals surface area (Å²) in [5.74, 6) is 3.44. The number of amides is 4. The quantitative estimate of drug-likeness (QED) is 0.188. The molecule has 2 N–H and O–H groups in total. The Balaban J connectivity index is 0.000000120. The van der Waals surface area contributed by atoms with E-state index in [1.807, 2.05) is 42.4 Å². The number of carbonyl (C=O) groups is 6. The molecule has 7 aliphatic heterocycles. The number of fused-ring (bicyclic) bond motifs is 3. The van der Waals surface area contributed by atoms with Gasteiger partial charge in [0.25, 0.3) is 0 Å². The van der Waals surface area contributed by atoms with E-state index in [0.29, 0.717) is 114 Å². The summed E-state index contributed by atoms with van der Waals surface area (Å²) in [6.07, 6.45) is 21.5. The molecule has 9 aliphatic carbocycles. The van der Waals surface area contributed by atoms with Gasteiger partial charge in [-0.05, 0) is 188 Å². The SMILES string of the molecule is C1CC2(C1)CC2.CCOC(=O)C1[C@H]2CN(C3CC4(CCN(C(=O)OCC)C4)C3)C[C@@H]12.CCOC(=O)N1CCC2(CC(N3C[C@@H]4C(C(=O)N5CCC56CC6)[C@@H]4C3)C2)C1.CCOC(=O)N1CCC2(CC(N3C[C@@H]4C(C(=O)O)[C@@H]4C3)C2)C1.[Li+].[OH-]. The minimum atomic E-state index is -0.611. The second-order valence-electron chi connectivity index (χ2n) is 28.6. The number of hydrogen-bond donors (Lipinski definition) is 1. The number of aliphatic carboxylic acids is 1. The molecular weight excluding hydrogens is 1030 g/mol. The molecule has 0 aromatic carbocycles. The van der Waals surface area contributed by atoms with Crippen LogP contribution in [-0.4, -0.2) is 216 Å². The van der Waals surface area contributed by atoms with Gasteiger partial charge < -0.3 is 49.1 Å². The molecular formula is C61H94LiN7O12. The molecule has 446 valence electrons. The number of piperidine rings is 3. The molecule has 0 aromatic heterocycles. The van der Waals surface area contributed by atoms with E-state index in [4.69, 9.17) is 24.1 Å². The number of likely N-dealkylation sites (tertiary alicyclic amines) is 7. The Morgan fingerprint density at radius 2 is 0.790 bits per heavy atom. The molecule has 9 atom stereocenters. The van der Waals surface area contributed by atoms with Gasteiger partial charge in [-0.25, -0.2) is 14.4 Å². The zero-order chi connectivity index (χ0) is 54.8. The van der Waals surface area contributed by atoms with Gasteiger partial charge in [0.15, 0.2) is 0 Å². The molecule has 5 spiro atoms. The standard InChI is InChI=1S/C21H31N3O3.C18H28N2O4.C16H24N2O4.C6H10.Li.H2O/c1-2-27-19(26)22-7-5-20(13-22)9-14(10-20)23-11-15-16(12-23)17(15)18(25)24-8-6-21(24)3-4-21;1-3-23-16(21)15-13-9-20(10-14(13)15)12-7-18(8-12)5-6-19(11-18)17(22)24-4-2;1-2-22-15(21)17-4-3-16(9-17)5-10(6-16)18-7-11-12(8-18)13(11)14(19)20;1-2-6(3-1)4-5-6;;/h14-17H,2-13H2,1H3;12-15H,3-11H2,1-2H3;10-13H,2-9H2,1H3,(H,19,20);1-5H2;;1H2/q;;;;+1;/p-1/t14?,15-,16+,17?,20?;12?,13-,14+,15?,18?;10?,11-,12+,13?,16?;;;. The third kappa shape index (κ3) is 11.2. The van der Waals surface area contributed by atoms with Crippen LogP contribution in [0.15, 0.2) is 0 Å². The van der Waals surface area contributed by atoms with Crippen LogP contribution in [0.1, 0.15) is 137 Å². The van der Waals surface area contributed by atoms with Crippen LogP contribution < -0.4 is 18.9 Å². The Hall–Kier alpha value is -3.34. The zero-order valence-corrected chi connectivity index (χ0v) is 49.6. The Kier molecular flexibility index (Phi) is 16.5. The Morgan fingerprint density at radius 3 is 1.06 bits per heavy atom. The van der Waals surface area contributed by atoms with Crippen molar-refractivity contribution in [2.45, 2.75) is 161 Å². The number of ether oxygens (including phenoxy) is 4. The van der Waals surface area contributed by atoms with Gasteiger partial charge in [0.05, 0.1) is 38.3 Å². The van der Waals surface area contributed by atoms with Crippen molar-refractivity contribution in [2.75, 3.05) is 112 Å². The summed E-state index contributed by atoms with van der Waals surface area (Å²) in [5, 5.41) is 9.08. The molecule has 7 heterocycles. The maximum absolute atomic E-state index is 12.8. The number of nitrogens with zero attached hydrogens (tertiary/aromatic N) is 7. The minimum Gasteiger partial charge on any atom is -0.870 e. The van der Waals surface area contributed by atoms with Crippen molar-refractivity contribution < 1.29 is 77.2 Å². The molecule has 0 bridgehead atoms. The number of carbonyl (C=O) groups excluding carboxylic acids is 5. The molecule has 16 rings (SSSR count). The van der Waals surface area contributed by atoms with Gasteiger partial charge in [0.1, 0.15) is 0 Å². The predicted molar refractivity (Wildman–Crippen MR) is 292 cm³/mol. The molecule has 20 heteroatoms. The largest absolute Gasteiger partial charge is 1.00 e. The predicted octanol–water partition coefficient (Wildman–Crippen LogP) is 3.72. The summed E-state index contributed by atoms with van der Waals surface area (Å²) in [5.41, 5.74) is 2.28. The smallest absolute Gasteiger partial charge is 0.870 e. The van der Waals surface area contributed by atoms with Crippen LogP contribution in [-0.2, 0) is 33.3 Å². The van der Waals surface area contributed by atoms with Crippen LogP contribution in [0.25, 0.3) is 0 Å². The van der Waals surface area contributed by atoms with Gasteiger partial charge in [-0.1, -0.05) is 6.42 Å². The molecule has 16 aliphatic rings. The van der Waals surface area contributed by atoms with Gasteiger partial charge in [0.2, 0.25) is 5.91 Å². The summed E-state index contributed by atoms with van der Waals surface area (Å²) in [6.45, 7) is 21.6. The first kappa shape index (κ1) is 59.4. The van der Waals surface area contributed by atoms with Crippen LogP contribution in [0.3, 0.4) is 0 Å². The molecule has 0 radical (unpaired) electrons. The third-order valence-corrected chi connectivity index (χ3v) is 24.1. The van der Waals surface area contributed by atoms with Crippen LogP contribution >= 0.6 is 0 Å². The number of hydrogen-bond acceptors (Lipinski definition) is 14. The van der Waals surface area contributed by atoms with E-state index in [9.17, 15) is 28.8 Å². The minimum absolute atomic E-state index is 0. The van der Waals surface area contributed by atoms with Crippen molar-refractivity contribution in [2.24, 2.45) is 74.9 Å². The second-order valence-corrected chi connectivity index (χ2v) is 28.6. The van der Waals surface area contributed by atoms with Crippen LogP contribution in [0.2, 0.25) is 0 Å². The van der Waals surface area contributed by atoms with Gasteiger partial charge >= 0.3 is 49.1 Å². The Labute approximate surface area is 492 Å². The van der Waals surface area contributed by atoms with Gasteiger partial charge in [-0.15, -0.1) is 0 Å². The number of esters is 1. The van der Waals surface area contributed by atoms with Gasteiger partial charge in [-0.2, -0.15) is 0 Å². The molecule has 16 fully saturated rings. The summed E-state index contributed by atoms with van der Waals surface area (Å²) in [7, 11) is 0. The zero-order valence-electron chi connectivity index (χ0n) is 49.6. The van der Waals surface area contributed by atoms with Crippen molar-refractivity contribution in [3.8, 4) is 0 Å². The summed E-state index contributed by atoms with van der Waals surface area (Å²) >= 11 is 0. The first-order chi connectivity index (χ1) is 38.0. The first-order valence-corrected chi connectivity index (χ1v) is 31.7. The van der Waals surface area contributed by atoms with E-state index >= 15 is 0 Å². The topological polar surface area (TPSA) is 212 Å². The molecule has 19 nitrogen and oxygen atoms in total. The van der Waals surface area contributed by atoms with E-state index in [2.05, 4.69) is 19.6 Å². The molecule has 4 amide bonds. The van der Waals surface area contributed by atoms with E-state index in [1.54, 1.807) is 25.7 Å². The summed E-state index contributed by atoms with van der Waals surface area (Å²) in [4.78, 5) is 86.9. The van der Waals surface area contributed by atoms with Gasteiger partial charge in [0, 0.05) is 115 Å². The average Bonchev–Trinajstić information content (AvgIpc) is 4.56. The summed E-state index contributed by atoms with van der Waals surface area (Å²) < 4.78 is 20.5. The first-order valence-electron chi connectivity index (χ1n) is 31.7. The molecule has 3 unspecified atom stereocenters. The second kappa shape index (κ2) is 22.5. The normalized spacial score (nSPS) is 40.8. The summed E-state index contributed by atoms with van der Waals surface area (Å²) in [6, 6.07) is 1.92. The van der Waals surface area contributed by atoms with Crippen molar-refractivity contribution in [1.29, 1.82) is 0 Å². The Morgan fingerprint density at radius 1 is 0.432 bits per heavy atom. The molecule has 9 saturated carbocycles. The van der Waals surface area contributed by atoms with E-state index in [-0.39, 0.29) is 60.4 Å². The maximum Gasteiger partial charge on any atom is 1.00 e. The van der Waals surface area contributed by atoms with Crippen molar-refractivity contribution in [1.82, 2.24) is 34.3 Å². The molecule has 81 heavy (non-hydrogen) atoms. The van der Waals surface area contributed by atoms with E-state index < -0.39 is 5.97 Å². The third-order valence-electron chi connectivity index (χ3n) is 24.1. The fourth-order valence-electron chi connectivity index (χ4n) is 18.5. The Bertz CT molecular complexity index is 2350. The fraction of sp³-hybridized carbons (Fsp3) is 0.902. The van der Waals surface area contributed by atoms with Gasteiger partial charge in [-0.3, -0.25) is 29.1 Å². The number of rotatable bonds is 10. The molecule has 7 saturated heterocycles. The molecule has 0 aromatic rings. The number of carboxylic acids is 1. The van der Waals surface area contributed by atoms with Crippen LogP contribution in [0.5, 0.6) is 0 Å².